The van der Waals surface area contributed by atoms with Gasteiger partial charge >= 0.3 is 5.97 Å². The van der Waals surface area contributed by atoms with E-state index >= 15 is 0 Å². The van der Waals surface area contributed by atoms with Crippen LogP contribution in [0.5, 0.6) is 0 Å². The molecular weight excluding hydrogens is 324 g/mol. The van der Waals surface area contributed by atoms with Gasteiger partial charge in [0.2, 0.25) is 0 Å². The van der Waals surface area contributed by atoms with Gasteiger partial charge in [-0.25, -0.2) is 0 Å². The van der Waals surface area contributed by atoms with Crippen LogP contribution in [0.25, 0.3) is 0 Å². The van der Waals surface area contributed by atoms with E-state index in [-0.39, 0.29) is 28.7 Å². The number of hydrogen-bond donors (Lipinski definition) is 0. The minimum Gasteiger partial charge on any atom is -0.462 e. The normalized spacial score (nSPS) is 41.1. The van der Waals surface area contributed by atoms with Gasteiger partial charge < -0.3 is 4.74 Å². The number of carbonyl (C=O) groups is 2. The molecule has 0 spiro atoms. The van der Waals surface area contributed by atoms with Gasteiger partial charge in [-0.2, -0.15) is 0 Å². The second-order valence-electron chi connectivity index (χ2n) is 9.20. The van der Waals surface area contributed by atoms with Gasteiger partial charge in [0.05, 0.1) is 0 Å². The lowest BCUT2D eigenvalue weighted by Gasteiger charge is -2.56. The third kappa shape index (κ3) is 2.46. The van der Waals surface area contributed by atoms with Gasteiger partial charge in [-0.05, 0) is 56.3 Å². The molecule has 0 aromatic carbocycles. The molecule has 0 amide bonds. The summed E-state index contributed by atoms with van der Waals surface area (Å²) in [5.41, 5.74) is 4.14. The molecule has 0 saturated heterocycles. The number of ether oxygens (including phenoxy) is 1. The summed E-state index contributed by atoms with van der Waals surface area (Å²) >= 11 is 0. The van der Waals surface area contributed by atoms with E-state index in [1.165, 1.54) is 24.5 Å². The quantitative estimate of drug-likeness (QED) is 0.522. The van der Waals surface area contributed by atoms with Crippen molar-refractivity contribution in [3.8, 4) is 0 Å². The number of carbonyl (C=O) groups excluding carboxylic acids is 2. The van der Waals surface area contributed by atoms with Crippen LogP contribution in [0, 0.1) is 22.7 Å². The zero-order chi connectivity index (χ0) is 18.7. The molecule has 0 aliphatic heterocycles. The molecule has 4 aliphatic rings. The Morgan fingerprint density at radius 2 is 1.88 bits per heavy atom. The molecule has 4 aliphatic carbocycles. The Balaban J connectivity index is 1.61. The number of esters is 1. The lowest BCUT2D eigenvalue weighted by atomic mass is 9.49. The van der Waals surface area contributed by atoms with Crippen LogP contribution in [0.4, 0.5) is 0 Å². The van der Waals surface area contributed by atoms with Crippen molar-refractivity contribution in [2.24, 2.45) is 22.7 Å². The summed E-state index contributed by atoms with van der Waals surface area (Å²) < 4.78 is 5.51. The molecule has 0 N–H and O–H groups in total. The summed E-state index contributed by atoms with van der Waals surface area (Å²) in [6.07, 6.45) is 13.1. The van der Waals surface area contributed by atoms with Gasteiger partial charge in [0.15, 0.2) is 5.78 Å². The van der Waals surface area contributed by atoms with Gasteiger partial charge in [-0.15, -0.1) is 0 Å². The molecule has 0 aromatic heterocycles. The molecule has 3 heteroatoms. The second-order valence-corrected chi connectivity index (χ2v) is 9.20. The predicted molar refractivity (Wildman–Crippen MR) is 101 cm³/mol. The van der Waals surface area contributed by atoms with Crippen LogP contribution in [0.1, 0.15) is 66.2 Å². The van der Waals surface area contributed by atoms with Gasteiger partial charge in [-0.3, -0.25) is 9.59 Å². The average molecular weight is 354 g/mol. The van der Waals surface area contributed by atoms with Gasteiger partial charge in [-0.1, -0.05) is 43.2 Å². The van der Waals surface area contributed by atoms with Crippen molar-refractivity contribution < 1.29 is 14.3 Å². The number of allylic oxidation sites excluding steroid dienone is 5. The highest BCUT2D eigenvalue weighted by atomic mass is 16.5. The number of ketones is 1. The first-order chi connectivity index (χ1) is 12.3. The standard InChI is InChI=1S/C23H30O3/c1-14(24)19-7-8-20-18-6-5-16-13-17(26-15(2)25)9-11-22(16,3)21(18)10-12-23(19,20)4/h5,7-8,17-18,21H,6,9-13H2,1-4H3/t17-,18+,21-,22-,23-/m0/s1. The Labute approximate surface area is 156 Å². The Morgan fingerprint density at radius 1 is 1.12 bits per heavy atom. The van der Waals surface area contributed by atoms with Crippen molar-refractivity contribution in [1.82, 2.24) is 0 Å². The largest absolute Gasteiger partial charge is 0.462 e. The van der Waals surface area contributed by atoms with Crippen LogP contribution in [0.2, 0.25) is 0 Å². The molecule has 5 atom stereocenters. The highest BCUT2D eigenvalue weighted by Crippen LogP contribution is 2.63. The van der Waals surface area contributed by atoms with Crippen molar-refractivity contribution in [3.05, 3.63) is 34.9 Å². The smallest absolute Gasteiger partial charge is 0.302 e. The Hall–Kier alpha value is -1.64. The molecule has 4 rings (SSSR count). The summed E-state index contributed by atoms with van der Waals surface area (Å²) in [4.78, 5) is 23.5. The van der Waals surface area contributed by atoms with Gasteiger partial charge in [0.1, 0.15) is 6.10 Å². The Bertz CT molecular complexity index is 755. The monoisotopic (exact) mass is 354 g/mol. The van der Waals surface area contributed by atoms with E-state index in [9.17, 15) is 9.59 Å². The van der Waals surface area contributed by atoms with Crippen LogP contribution in [-0.4, -0.2) is 17.9 Å². The Morgan fingerprint density at radius 3 is 2.58 bits per heavy atom. The fraction of sp³-hybridized carbons (Fsp3) is 0.652. The summed E-state index contributed by atoms with van der Waals surface area (Å²) in [7, 11) is 0. The fourth-order valence-electron chi connectivity index (χ4n) is 6.48. The van der Waals surface area contributed by atoms with E-state index in [0.717, 1.165) is 37.7 Å². The first-order valence-electron chi connectivity index (χ1n) is 10.1. The summed E-state index contributed by atoms with van der Waals surface area (Å²) in [5, 5.41) is 0. The predicted octanol–water partition coefficient (Wildman–Crippen LogP) is 4.93. The lowest BCUT2D eigenvalue weighted by molar-refractivity contribution is -0.148. The summed E-state index contributed by atoms with van der Waals surface area (Å²) in [6, 6.07) is 0. The minimum atomic E-state index is -0.166. The molecule has 0 radical (unpaired) electrons. The van der Waals surface area contributed by atoms with Crippen molar-refractivity contribution in [3.63, 3.8) is 0 Å². The van der Waals surface area contributed by atoms with Gasteiger partial charge in [0, 0.05) is 24.3 Å². The fourth-order valence-corrected chi connectivity index (χ4v) is 6.48. The van der Waals surface area contributed by atoms with Crippen LogP contribution in [0.15, 0.2) is 34.9 Å². The molecular formula is C23H30O3. The molecule has 3 nitrogen and oxygen atoms in total. The first kappa shape index (κ1) is 17.8. The molecule has 26 heavy (non-hydrogen) atoms. The molecule has 0 unspecified atom stereocenters. The van der Waals surface area contributed by atoms with Crippen molar-refractivity contribution in [1.29, 1.82) is 0 Å². The third-order valence-corrected chi connectivity index (χ3v) is 7.82. The van der Waals surface area contributed by atoms with E-state index in [2.05, 4.69) is 32.1 Å². The third-order valence-electron chi connectivity index (χ3n) is 7.82. The molecule has 0 heterocycles. The number of rotatable bonds is 2. The van der Waals surface area contributed by atoms with E-state index in [0.29, 0.717) is 11.8 Å². The van der Waals surface area contributed by atoms with Crippen molar-refractivity contribution in [2.75, 3.05) is 0 Å². The molecule has 2 fully saturated rings. The van der Waals surface area contributed by atoms with E-state index in [4.69, 9.17) is 4.74 Å². The minimum absolute atomic E-state index is 0.0499. The maximum Gasteiger partial charge on any atom is 0.302 e. The first-order valence-corrected chi connectivity index (χ1v) is 10.1. The molecule has 140 valence electrons. The van der Waals surface area contributed by atoms with E-state index in [1.54, 1.807) is 6.92 Å². The summed E-state index contributed by atoms with van der Waals surface area (Å²) in [6.45, 7) is 7.91. The molecule has 0 bridgehead atoms. The van der Waals surface area contributed by atoms with Crippen LogP contribution < -0.4 is 0 Å². The van der Waals surface area contributed by atoms with Crippen molar-refractivity contribution >= 4 is 11.8 Å². The topological polar surface area (TPSA) is 43.4 Å². The van der Waals surface area contributed by atoms with Crippen LogP contribution in [-0.2, 0) is 14.3 Å². The molecule has 2 saturated carbocycles. The SMILES string of the molecule is CC(=O)O[C@H]1CC[C@@]2(C)C(=CC[C@@H]3C4=CC=C(C(C)=O)[C@]4(C)CC[C@@H]32)C1. The van der Waals surface area contributed by atoms with Crippen molar-refractivity contribution in [2.45, 2.75) is 72.3 Å². The number of fused-ring (bicyclic) bond motifs is 5. The highest BCUT2D eigenvalue weighted by Gasteiger charge is 2.54. The second kappa shape index (κ2) is 5.94. The lowest BCUT2D eigenvalue weighted by Crippen LogP contribution is -2.47. The average Bonchev–Trinajstić information content (AvgIpc) is 2.92. The number of hydrogen-bond acceptors (Lipinski definition) is 3. The number of Topliss-reactive ketones (excluding diaryl/α,β-unsaturated/α-hetero) is 1. The summed E-state index contributed by atoms with van der Waals surface area (Å²) in [5.74, 6) is 1.23. The molecule has 0 aromatic rings. The van der Waals surface area contributed by atoms with E-state index in [1.807, 2.05) is 0 Å². The maximum atomic E-state index is 12.1. The zero-order valence-corrected chi connectivity index (χ0v) is 16.4. The maximum absolute atomic E-state index is 12.1. The van der Waals surface area contributed by atoms with Gasteiger partial charge in [0.25, 0.3) is 0 Å². The highest BCUT2D eigenvalue weighted by molar-refractivity contribution is 5.96. The van der Waals surface area contributed by atoms with Crippen LogP contribution in [0.3, 0.4) is 0 Å². The Kier molecular flexibility index (Phi) is 4.05. The van der Waals surface area contributed by atoms with E-state index < -0.39 is 0 Å². The van der Waals surface area contributed by atoms with Crippen LogP contribution >= 0.6 is 0 Å². The zero-order valence-electron chi connectivity index (χ0n) is 16.4.